The van der Waals surface area contributed by atoms with E-state index in [9.17, 15) is 4.79 Å². The molecule has 2 aromatic rings. The first-order valence-corrected chi connectivity index (χ1v) is 8.86. The number of carbonyl (C=O) groups excluding carboxylic acids is 1. The van der Waals surface area contributed by atoms with E-state index in [-0.39, 0.29) is 6.03 Å². The lowest BCUT2D eigenvalue weighted by Gasteiger charge is -2.11. The molecule has 0 spiro atoms. The number of carbonyl (C=O) groups is 1. The fourth-order valence-corrected chi connectivity index (χ4v) is 2.90. The Kier molecular flexibility index (Phi) is 7.63. The minimum Gasteiger partial charge on any atom is -0.377 e. The Morgan fingerprint density at radius 1 is 1.13 bits per heavy atom. The van der Waals surface area contributed by atoms with E-state index in [1.54, 1.807) is 11.3 Å². The maximum absolute atomic E-state index is 11.9. The minimum atomic E-state index is -0.133. The standard InChI is InChI=1S/C18H24N2O2S/c1-2-11-22-14-16-7-4-3-6-15(16)13-20-18(21)19-10-9-17-8-5-12-23-17/h3-8,12H,2,9-11,13-14H2,1H3,(H2,19,20,21). The predicted octanol–water partition coefficient (Wildman–Crippen LogP) is 3.72. The van der Waals surface area contributed by atoms with Gasteiger partial charge in [-0.3, -0.25) is 0 Å². The number of urea groups is 1. The molecular weight excluding hydrogens is 308 g/mol. The fourth-order valence-electron chi connectivity index (χ4n) is 2.19. The van der Waals surface area contributed by atoms with E-state index in [2.05, 4.69) is 23.6 Å². The van der Waals surface area contributed by atoms with Crippen LogP contribution >= 0.6 is 11.3 Å². The highest BCUT2D eigenvalue weighted by molar-refractivity contribution is 7.09. The third-order valence-electron chi connectivity index (χ3n) is 3.40. The number of rotatable bonds is 9. The van der Waals surface area contributed by atoms with Gasteiger partial charge in [0, 0.05) is 24.6 Å². The third kappa shape index (κ3) is 6.42. The zero-order chi connectivity index (χ0) is 16.3. The highest BCUT2D eigenvalue weighted by Crippen LogP contribution is 2.10. The Morgan fingerprint density at radius 2 is 1.96 bits per heavy atom. The van der Waals surface area contributed by atoms with Gasteiger partial charge in [-0.15, -0.1) is 11.3 Å². The van der Waals surface area contributed by atoms with Gasteiger partial charge in [0.15, 0.2) is 0 Å². The topological polar surface area (TPSA) is 50.4 Å². The molecule has 0 bridgehead atoms. The van der Waals surface area contributed by atoms with Gasteiger partial charge in [0.05, 0.1) is 6.61 Å². The smallest absolute Gasteiger partial charge is 0.315 e. The Hall–Kier alpha value is -1.85. The second-order valence-corrected chi connectivity index (χ2v) is 6.29. The molecule has 1 aromatic carbocycles. The molecule has 0 fully saturated rings. The summed E-state index contributed by atoms with van der Waals surface area (Å²) in [6.45, 7) is 4.59. The van der Waals surface area contributed by atoms with Crippen molar-refractivity contribution in [3.8, 4) is 0 Å². The zero-order valence-corrected chi connectivity index (χ0v) is 14.3. The van der Waals surface area contributed by atoms with Crippen LogP contribution in [-0.4, -0.2) is 19.2 Å². The molecule has 0 aliphatic heterocycles. The SMILES string of the molecule is CCCOCc1ccccc1CNC(=O)NCCc1cccs1. The Balaban J connectivity index is 1.72. The zero-order valence-electron chi connectivity index (χ0n) is 13.5. The van der Waals surface area contributed by atoms with Crippen molar-refractivity contribution in [1.29, 1.82) is 0 Å². The van der Waals surface area contributed by atoms with Crippen LogP contribution in [0.15, 0.2) is 41.8 Å². The number of amides is 2. The summed E-state index contributed by atoms with van der Waals surface area (Å²) in [4.78, 5) is 13.1. The predicted molar refractivity (Wildman–Crippen MR) is 94.7 cm³/mol. The molecule has 0 aliphatic rings. The van der Waals surface area contributed by atoms with E-state index in [1.807, 2.05) is 35.7 Å². The Labute approximate surface area is 141 Å². The van der Waals surface area contributed by atoms with Gasteiger partial charge in [0.1, 0.15) is 0 Å². The van der Waals surface area contributed by atoms with Crippen molar-refractivity contribution in [2.45, 2.75) is 32.9 Å². The van der Waals surface area contributed by atoms with Crippen LogP contribution in [0, 0.1) is 0 Å². The number of benzene rings is 1. The van der Waals surface area contributed by atoms with E-state index in [0.29, 0.717) is 19.7 Å². The van der Waals surface area contributed by atoms with Gasteiger partial charge in [-0.1, -0.05) is 37.3 Å². The molecule has 2 rings (SSSR count). The molecule has 0 saturated heterocycles. The average Bonchev–Trinajstić information content (AvgIpc) is 3.07. The lowest BCUT2D eigenvalue weighted by Crippen LogP contribution is -2.36. The van der Waals surface area contributed by atoms with Gasteiger partial charge < -0.3 is 15.4 Å². The lowest BCUT2D eigenvalue weighted by atomic mass is 10.1. The summed E-state index contributed by atoms with van der Waals surface area (Å²) in [5.74, 6) is 0. The molecule has 124 valence electrons. The summed E-state index contributed by atoms with van der Waals surface area (Å²) in [6, 6.07) is 12.0. The summed E-state index contributed by atoms with van der Waals surface area (Å²) >= 11 is 1.71. The monoisotopic (exact) mass is 332 g/mol. The van der Waals surface area contributed by atoms with E-state index in [0.717, 1.165) is 30.6 Å². The molecule has 2 amide bonds. The second-order valence-electron chi connectivity index (χ2n) is 5.26. The van der Waals surface area contributed by atoms with Crippen LogP contribution in [0.25, 0.3) is 0 Å². The molecule has 0 saturated carbocycles. The van der Waals surface area contributed by atoms with E-state index < -0.39 is 0 Å². The maximum Gasteiger partial charge on any atom is 0.315 e. The van der Waals surface area contributed by atoms with Gasteiger partial charge in [0.25, 0.3) is 0 Å². The van der Waals surface area contributed by atoms with Crippen molar-refractivity contribution in [1.82, 2.24) is 10.6 Å². The Bertz CT molecular complexity index is 584. The number of hydrogen-bond donors (Lipinski definition) is 2. The quantitative estimate of drug-likeness (QED) is 0.688. The van der Waals surface area contributed by atoms with Gasteiger partial charge in [-0.05, 0) is 35.4 Å². The van der Waals surface area contributed by atoms with Crippen molar-refractivity contribution < 1.29 is 9.53 Å². The highest BCUT2D eigenvalue weighted by Gasteiger charge is 2.05. The van der Waals surface area contributed by atoms with Crippen LogP contribution in [0.1, 0.15) is 29.3 Å². The van der Waals surface area contributed by atoms with Gasteiger partial charge in [-0.2, -0.15) is 0 Å². The number of ether oxygens (including phenoxy) is 1. The summed E-state index contributed by atoms with van der Waals surface area (Å²) in [7, 11) is 0. The molecule has 1 aromatic heterocycles. The number of nitrogens with one attached hydrogen (secondary N) is 2. The van der Waals surface area contributed by atoms with Gasteiger partial charge in [0.2, 0.25) is 0 Å². The van der Waals surface area contributed by atoms with Gasteiger partial charge >= 0.3 is 6.03 Å². The molecule has 4 nitrogen and oxygen atoms in total. The second kappa shape index (κ2) is 10.0. The summed E-state index contributed by atoms with van der Waals surface area (Å²) < 4.78 is 5.60. The van der Waals surface area contributed by atoms with Crippen LogP contribution in [0.2, 0.25) is 0 Å². The molecule has 5 heteroatoms. The largest absolute Gasteiger partial charge is 0.377 e. The van der Waals surface area contributed by atoms with Crippen LogP contribution < -0.4 is 10.6 Å². The van der Waals surface area contributed by atoms with Crippen molar-refractivity contribution in [2.24, 2.45) is 0 Å². The number of hydrogen-bond acceptors (Lipinski definition) is 3. The van der Waals surface area contributed by atoms with Crippen LogP contribution in [-0.2, 0) is 24.3 Å². The molecule has 0 atom stereocenters. The minimum absolute atomic E-state index is 0.133. The van der Waals surface area contributed by atoms with E-state index in [4.69, 9.17) is 4.74 Å². The first-order valence-electron chi connectivity index (χ1n) is 7.98. The van der Waals surface area contributed by atoms with Crippen LogP contribution in [0.5, 0.6) is 0 Å². The molecule has 0 aliphatic carbocycles. The van der Waals surface area contributed by atoms with Crippen LogP contribution in [0.3, 0.4) is 0 Å². The van der Waals surface area contributed by atoms with Crippen molar-refractivity contribution in [3.63, 3.8) is 0 Å². The molecule has 1 heterocycles. The highest BCUT2D eigenvalue weighted by atomic mass is 32.1. The summed E-state index contributed by atoms with van der Waals surface area (Å²) in [5.41, 5.74) is 2.22. The van der Waals surface area contributed by atoms with Gasteiger partial charge in [-0.25, -0.2) is 4.79 Å². The first-order chi connectivity index (χ1) is 11.3. The van der Waals surface area contributed by atoms with Crippen LogP contribution in [0.4, 0.5) is 4.79 Å². The summed E-state index contributed by atoms with van der Waals surface area (Å²) in [5, 5.41) is 7.84. The fraction of sp³-hybridized carbons (Fsp3) is 0.389. The van der Waals surface area contributed by atoms with E-state index >= 15 is 0 Å². The lowest BCUT2D eigenvalue weighted by molar-refractivity contribution is 0.121. The first kappa shape index (κ1) is 17.5. The average molecular weight is 332 g/mol. The third-order valence-corrected chi connectivity index (χ3v) is 4.34. The van der Waals surface area contributed by atoms with E-state index in [1.165, 1.54) is 4.88 Å². The van der Waals surface area contributed by atoms with Crippen molar-refractivity contribution >= 4 is 17.4 Å². The molecule has 2 N–H and O–H groups in total. The molecule has 0 unspecified atom stereocenters. The number of thiophene rings is 1. The molecular formula is C18H24N2O2S. The normalized spacial score (nSPS) is 10.5. The summed E-state index contributed by atoms with van der Waals surface area (Å²) in [6.07, 6.45) is 1.87. The molecule has 0 radical (unpaired) electrons. The van der Waals surface area contributed by atoms with Crippen molar-refractivity contribution in [3.05, 3.63) is 57.8 Å². The maximum atomic E-state index is 11.9. The van der Waals surface area contributed by atoms with Crippen molar-refractivity contribution in [2.75, 3.05) is 13.2 Å². The molecule has 23 heavy (non-hydrogen) atoms. The Morgan fingerprint density at radius 3 is 2.70 bits per heavy atom.